The Morgan fingerprint density at radius 2 is 0.609 bits per heavy atom. The van der Waals surface area contributed by atoms with Crippen LogP contribution in [0, 0.1) is 0 Å². The molecule has 0 radical (unpaired) electrons. The number of hydrogen-bond donors (Lipinski definition) is 3. The SMILES string of the molecule is CC(=O)OCN(C)CC(=O)OC(C)C(O)CC=CCCCCCCCC(=O)OCC(COC(=O)CCCCCCCC=CCC(O)C(C)OC(=O)CN(C)COC(C)=O)OC(=O)CCCCCCCC=CCC(O)C(C)OC(=O)CN(C)COC(C)=O. The van der Waals surface area contributed by atoms with Gasteiger partial charge in [-0.3, -0.25) is 57.9 Å². The molecule has 24 nitrogen and oxygen atoms in total. The molecule has 0 rings (SSSR count). The summed E-state index contributed by atoms with van der Waals surface area (Å²) in [7, 11) is 4.82. The molecule has 24 heteroatoms. The summed E-state index contributed by atoms with van der Waals surface area (Å²) in [4.78, 5) is 112. The molecule has 0 bridgehead atoms. The summed E-state index contributed by atoms with van der Waals surface area (Å²) in [5, 5.41) is 31.2. The number of aliphatic hydroxyl groups excluding tert-OH is 3. The van der Waals surface area contributed by atoms with Crippen LogP contribution in [0.3, 0.4) is 0 Å². The molecule has 0 heterocycles. The molecule has 0 aromatic heterocycles. The van der Waals surface area contributed by atoms with E-state index < -0.39 is 96.5 Å². The first-order chi connectivity index (χ1) is 41.4. The molecule has 0 aliphatic heterocycles. The van der Waals surface area contributed by atoms with E-state index in [1.165, 1.54) is 35.5 Å². The molecule has 0 aromatic carbocycles. The van der Waals surface area contributed by atoms with Crippen LogP contribution in [0.1, 0.15) is 196 Å². The highest BCUT2D eigenvalue weighted by Gasteiger charge is 2.23. The van der Waals surface area contributed by atoms with Crippen LogP contribution >= 0.6 is 0 Å². The van der Waals surface area contributed by atoms with Crippen molar-refractivity contribution >= 4 is 53.7 Å². The van der Waals surface area contributed by atoms with E-state index in [2.05, 4.69) is 0 Å². The average molecular weight is 1240 g/mol. The van der Waals surface area contributed by atoms with Gasteiger partial charge in [-0.1, -0.05) is 94.2 Å². The number of unbranched alkanes of at least 4 members (excludes halogenated alkanes) is 15. The van der Waals surface area contributed by atoms with E-state index in [0.717, 1.165) is 96.3 Å². The lowest BCUT2D eigenvalue weighted by atomic mass is 10.1. The highest BCUT2D eigenvalue weighted by Crippen LogP contribution is 2.15. The van der Waals surface area contributed by atoms with Gasteiger partial charge in [-0.2, -0.15) is 0 Å². The second-order valence-corrected chi connectivity index (χ2v) is 22.1. The van der Waals surface area contributed by atoms with Crippen LogP contribution < -0.4 is 0 Å². The van der Waals surface area contributed by atoms with Crippen LogP contribution in [-0.2, 0) is 85.8 Å². The minimum Gasteiger partial charge on any atom is -0.462 e. The Morgan fingerprint density at radius 3 is 0.897 bits per heavy atom. The molecule has 0 aliphatic carbocycles. The first kappa shape index (κ1) is 81.2. The first-order valence-corrected chi connectivity index (χ1v) is 30.9. The maximum Gasteiger partial charge on any atom is 0.320 e. The van der Waals surface area contributed by atoms with Gasteiger partial charge < -0.3 is 58.0 Å². The summed E-state index contributed by atoms with van der Waals surface area (Å²) in [6, 6.07) is 0. The second-order valence-electron chi connectivity index (χ2n) is 22.1. The molecule has 0 fully saturated rings. The number of hydrogen-bond acceptors (Lipinski definition) is 24. The summed E-state index contributed by atoms with van der Waals surface area (Å²) in [5.74, 6) is -4.37. The standard InChI is InChI=1S/C63H107N3O21/c1-48(84-61(76)40-64(7)45-81-51(4)67)55(70)34-28-22-16-10-13-19-25-31-37-58(73)79-43-54(87-60(75)39-33-27-21-15-12-18-24-30-36-57(72)50(3)86-63(78)42-66(9)47-83-53(6)69)44-80-59(74)38-32-26-20-14-11-17-23-29-35-56(71)49(2)85-62(77)41-65(8)46-82-52(5)68/h22-24,28-30,48-50,54-57,70-72H,10-21,25-27,31-47H2,1-9H3. The third-order valence-electron chi connectivity index (χ3n) is 13.3. The van der Waals surface area contributed by atoms with Crippen molar-refractivity contribution in [2.45, 2.75) is 238 Å². The zero-order chi connectivity index (χ0) is 65.2. The van der Waals surface area contributed by atoms with Gasteiger partial charge in [0.05, 0.1) is 37.9 Å². The number of allylic oxidation sites excluding steroid dienone is 3. The summed E-state index contributed by atoms with van der Waals surface area (Å²) in [6.45, 7) is 7.76. The van der Waals surface area contributed by atoms with Gasteiger partial charge in [0.1, 0.15) is 51.7 Å². The zero-order valence-corrected chi connectivity index (χ0v) is 53.7. The molecule has 500 valence electrons. The van der Waals surface area contributed by atoms with Gasteiger partial charge in [0.25, 0.3) is 0 Å². The lowest BCUT2D eigenvalue weighted by molar-refractivity contribution is -0.167. The molecule has 6 atom stereocenters. The van der Waals surface area contributed by atoms with Crippen LogP contribution in [0.5, 0.6) is 0 Å². The van der Waals surface area contributed by atoms with E-state index in [0.29, 0.717) is 38.5 Å². The number of likely N-dealkylation sites (N-methyl/N-ethyl adjacent to an activating group) is 3. The third kappa shape index (κ3) is 50.9. The number of carbonyl (C=O) groups is 9. The number of carbonyl (C=O) groups excluding carboxylic acids is 9. The van der Waals surface area contributed by atoms with Gasteiger partial charge in [-0.05, 0) is 119 Å². The number of ether oxygens (including phenoxy) is 9. The summed E-state index contributed by atoms with van der Waals surface area (Å²) >= 11 is 0. The van der Waals surface area contributed by atoms with Crippen LogP contribution in [0.2, 0.25) is 0 Å². The van der Waals surface area contributed by atoms with E-state index in [4.69, 9.17) is 42.6 Å². The van der Waals surface area contributed by atoms with Crippen molar-refractivity contribution in [2.24, 2.45) is 0 Å². The molecule has 0 aromatic rings. The van der Waals surface area contributed by atoms with E-state index in [9.17, 15) is 58.5 Å². The normalized spacial score (nSPS) is 14.1. The Bertz CT molecular complexity index is 1940. The lowest BCUT2D eigenvalue weighted by Gasteiger charge is -2.20. The minimum absolute atomic E-state index is 0.0460. The monoisotopic (exact) mass is 1240 g/mol. The Labute approximate surface area is 516 Å². The fourth-order valence-corrected chi connectivity index (χ4v) is 8.07. The summed E-state index contributed by atoms with van der Waals surface area (Å²) in [5.41, 5.74) is 0. The van der Waals surface area contributed by atoms with E-state index in [1.54, 1.807) is 41.9 Å². The maximum absolute atomic E-state index is 13.0. The number of esters is 9. The third-order valence-corrected chi connectivity index (χ3v) is 13.3. The second kappa shape index (κ2) is 52.2. The Balaban J connectivity index is 4.83. The summed E-state index contributed by atoms with van der Waals surface area (Å²) in [6.07, 6.45) is 22.0. The molecule has 3 N–H and O–H groups in total. The van der Waals surface area contributed by atoms with Crippen LogP contribution in [0.4, 0.5) is 0 Å². The number of aliphatic hydroxyl groups is 3. The quantitative estimate of drug-likeness (QED) is 0.0177. The topological polar surface area (TPSA) is 307 Å². The molecule has 6 unspecified atom stereocenters. The average Bonchev–Trinajstić information content (AvgIpc) is 3.47. The van der Waals surface area contributed by atoms with Gasteiger partial charge in [0.15, 0.2) is 6.10 Å². The molecule has 0 saturated heterocycles. The first-order valence-electron chi connectivity index (χ1n) is 30.9. The van der Waals surface area contributed by atoms with Crippen molar-refractivity contribution in [1.82, 2.24) is 14.7 Å². The van der Waals surface area contributed by atoms with Crippen LogP contribution in [0.25, 0.3) is 0 Å². The smallest absolute Gasteiger partial charge is 0.320 e. The van der Waals surface area contributed by atoms with Crippen LogP contribution in [-0.4, -0.2) is 201 Å². The molecule has 0 saturated carbocycles. The van der Waals surface area contributed by atoms with Crippen molar-refractivity contribution in [1.29, 1.82) is 0 Å². The largest absolute Gasteiger partial charge is 0.462 e. The van der Waals surface area contributed by atoms with E-state index in [1.807, 2.05) is 36.5 Å². The van der Waals surface area contributed by atoms with Gasteiger partial charge in [0.2, 0.25) is 0 Å². The van der Waals surface area contributed by atoms with Gasteiger partial charge in [-0.15, -0.1) is 0 Å². The van der Waals surface area contributed by atoms with Crippen molar-refractivity contribution in [3.8, 4) is 0 Å². The van der Waals surface area contributed by atoms with Gasteiger partial charge >= 0.3 is 53.7 Å². The van der Waals surface area contributed by atoms with Crippen molar-refractivity contribution < 1.29 is 101 Å². The van der Waals surface area contributed by atoms with Crippen molar-refractivity contribution in [3.05, 3.63) is 36.5 Å². The van der Waals surface area contributed by atoms with E-state index >= 15 is 0 Å². The summed E-state index contributed by atoms with van der Waals surface area (Å²) < 4.78 is 47.1. The minimum atomic E-state index is -0.968. The lowest BCUT2D eigenvalue weighted by Crippen LogP contribution is -2.35. The van der Waals surface area contributed by atoms with Gasteiger partial charge in [-0.25, -0.2) is 0 Å². The molecule has 0 aliphatic rings. The predicted molar refractivity (Wildman–Crippen MR) is 322 cm³/mol. The van der Waals surface area contributed by atoms with E-state index in [-0.39, 0.29) is 72.3 Å². The molecule has 87 heavy (non-hydrogen) atoms. The fourth-order valence-electron chi connectivity index (χ4n) is 8.07. The van der Waals surface area contributed by atoms with Crippen molar-refractivity contribution in [2.75, 3.05) is 74.2 Å². The Morgan fingerprint density at radius 1 is 0.345 bits per heavy atom. The molecular formula is C63H107N3O21. The molecular weight excluding hydrogens is 1130 g/mol. The highest BCUT2D eigenvalue weighted by molar-refractivity contribution is 5.73. The Hall–Kier alpha value is -5.79. The predicted octanol–water partition coefficient (Wildman–Crippen LogP) is 7.25. The molecule has 0 amide bonds. The number of rotatable bonds is 53. The maximum atomic E-state index is 13.0. The van der Waals surface area contributed by atoms with Crippen molar-refractivity contribution in [3.63, 3.8) is 0 Å². The number of nitrogens with zero attached hydrogens (tertiary/aromatic N) is 3. The fraction of sp³-hybridized carbons (Fsp3) is 0.762. The zero-order valence-electron chi connectivity index (χ0n) is 53.7. The molecule has 0 spiro atoms. The highest BCUT2D eigenvalue weighted by atomic mass is 16.6. The van der Waals surface area contributed by atoms with Crippen LogP contribution in [0.15, 0.2) is 36.5 Å². The van der Waals surface area contributed by atoms with Gasteiger partial charge in [0, 0.05) is 40.0 Å². The Kier molecular flexibility index (Phi) is 48.7.